The molecule has 3 N–H and O–H groups in total. The quantitative estimate of drug-likeness (QED) is 0.608. The highest BCUT2D eigenvalue weighted by Gasteiger charge is 2.08. The molecule has 2 aromatic carbocycles. The van der Waals surface area contributed by atoms with E-state index in [9.17, 15) is 9.59 Å². The number of methoxy groups -OCH3 is 1. The number of anilines is 1. The van der Waals surface area contributed by atoms with Crippen LogP contribution < -0.4 is 16.0 Å². The Morgan fingerprint density at radius 1 is 1.04 bits per heavy atom. The molecule has 0 aromatic heterocycles. The first-order valence-corrected chi connectivity index (χ1v) is 8.10. The Morgan fingerprint density at radius 2 is 1.84 bits per heavy atom. The van der Waals surface area contributed by atoms with E-state index < -0.39 is 0 Å². The van der Waals surface area contributed by atoms with Crippen LogP contribution in [0.5, 0.6) is 0 Å². The van der Waals surface area contributed by atoms with Crippen molar-refractivity contribution in [1.29, 1.82) is 0 Å². The van der Waals surface area contributed by atoms with Crippen molar-refractivity contribution in [2.75, 3.05) is 32.1 Å². The molecule has 0 aliphatic rings. The van der Waals surface area contributed by atoms with Crippen LogP contribution in [0.15, 0.2) is 54.6 Å². The molecule has 0 saturated carbocycles. The number of ether oxygens (including phenoxy) is 1. The summed E-state index contributed by atoms with van der Waals surface area (Å²) in [6.07, 6.45) is 0. The molecule has 2 amide bonds. The zero-order chi connectivity index (χ0) is 17.9. The maximum absolute atomic E-state index is 12.2. The van der Waals surface area contributed by atoms with Crippen LogP contribution in [0.2, 0.25) is 0 Å². The summed E-state index contributed by atoms with van der Waals surface area (Å²) >= 11 is 0. The fourth-order valence-electron chi connectivity index (χ4n) is 2.20. The normalized spacial score (nSPS) is 10.3. The molecule has 0 aliphatic carbocycles. The fourth-order valence-corrected chi connectivity index (χ4v) is 2.20. The summed E-state index contributed by atoms with van der Waals surface area (Å²) in [4.78, 5) is 24.1. The molecule has 0 fully saturated rings. The minimum atomic E-state index is -0.182. The average molecular weight is 341 g/mol. The summed E-state index contributed by atoms with van der Waals surface area (Å²) in [7, 11) is 1.61. The molecule has 0 aliphatic heterocycles. The van der Waals surface area contributed by atoms with Crippen molar-refractivity contribution in [1.82, 2.24) is 10.6 Å². The molecule has 6 nitrogen and oxygen atoms in total. The molecule has 2 aromatic rings. The largest absolute Gasteiger partial charge is 0.383 e. The average Bonchev–Trinajstić information content (AvgIpc) is 2.64. The highest BCUT2D eigenvalue weighted by molar-refractivity contribution is 5.97. The van der Waals surface area contributed by atoms with Crippen molar-refractivity contribution in [2.45, 2.75) is 6.54 Å². The molecule has 6 heteroatoms. The number of amides is 2. The molecule has 0 bridgehead atoms. The van der Waals surface area contributed by atoms with E-state index in [0.717, 1.165) is 5.56 Å². The minimum Gasteiger partial charge on any atom is -0.383 e. The second-order valence-electron chi connectivity index (χ2n) is 5.47. The Morgan fingerprint density at radius 3 is 2.60 bits per heavy atom. The van der Waals surface area contributed by atoms with Gasteiger partial charge in [-0.2, -0.15) is 0 Å². The zero-order valence-electron chi connectivity index (χ0n) is 14.2. The van der Waals surface area contributed by atoms with Crippen LogP contribution in [0.25, 0.3) is 0 Å². The van der Waals surface area contributed by atoms with E-state index in [2.05, 4.69) is 16.0 Å². The van der Waals surface area contributed by atoms with Crippen LogP contribution in [0, 0.1) is 0 Å². The van der Waals surface area contributed by atoms with E-state index in [0.29, 0.717) is 30.9 Å². The van der Waals surface area contributed by atoms with E-state index in [1.165, 1.54) is 0 Å². The molecule has 2 rings (SSSR count). The molecule has 0 unspecified atom stereocenters. The van der Waals surface area contributed by atoms with Crippen molar-refractivity contribution < 1.29 is 14.3 Å². The van der Waals surface area contributed by atoms with Gasteiger partial charge in [-0.25, -0.2) is 0 Å². The van der Waals surface area contributed by atoms with Crippen LogP contribution in [0.3, 0.4) is 0 Å². The molecular weight excluding hydrogens is 318 g/mol. The summed E-state index contributed by atoms with van der Waals surface area (Å²) in [6, 6.07) is 16.6. The van der Waals surface area contributed by atoms with E-state index in [1.807, 2.05) is 30.3 Å². The number of hydrogen-bond donors (Lipinski definition) is 3. The van der Waals surface area contributed by atoms with E-state index in [1.54, 1.807) is 31.4 Å². The van der Waals surface area contributed by atoms with Gasteiger partial charge >= 0.3 is 0 Å². The maximum Gasteiger partial charge on any atom is 0.251 e. The Balaban J connectivity index is 1.85. The number of benzene rings is 2. The lowest BCUT2D eigenvalue weighted by Crippen LogP contribution is -2.30. The van der Waals surface area contributed by atoms with E-state index in [4.69, 9.17) is 4.74 Å². The van der Waals surface area contributed by atoms with Crippen molar-refractivity contribution in [3.8, 4) is 0 Å². The van der Waals surface area contributed by atoms with Gasteiger partial charge in [0.2, 0.25) is 5.91 Å². The van der Waals surface area contributed by atoms with Crippen LogP contribution in [0.4, 0.5) is 5.69 Å². The third-order valence-corrected chi connectivity index (χ3v) is 3.47. The SMILES string of the molecule is COCCNCC(=O)Nc1cccc(C(=O)NCc2ccccc2)c1. The molecule has 0 spiro atoms. The fraction of sp³-hybridized carbons (Fsp3) is 0.263. The van der Waals surface area contributed by atoms with Crippen LogP contribution in [-0.4, -0.2) is 38.6 Å². The number of carbonyl (C=O) groups excluding carboxylic acids is 2. The summed E-state index contributed by atoms with van der Waals surface area (Å²) in [6.45, 7) is 1.80. The second kappa shape index (κ2) is 10.2. The lowest BCUT2D eigenvalue weighted by atomic mass is 10.1. The highest BCUT2D eigenvalue weighted by Crippen LogP contribution is 2.11. The minimum absolute atomic E-state index is 0.169. The highest BCUT2D eigenvalue weighted by atomic mass is 16.5. The van der Waals surface area contributed by atoms with Gasteiger partial charge in [-0.05, 0) is 23.8 Å². The summed E-state index contributed by atoms with van der Waals surface area (Å²) in [5.74, 6) is -0.351. The monoisotopic (exact) mass is 341 g/mol. The summed E-state index contributed by atoms with van der Waals surface area (Å²) < 4.78 is 4.90. The lowest BCUT2D eigenvalue weighted by molar-refractivity contribution is -0.115. The van der Waals surface area contributed by atoms with E-state index in [-0.39, 0.29) is 18.4 Å². The Labute approximate surface area is 147 Å². The van der Waals surface area contributed by atoms with E-state index >= 15 is 0 Å². The van der Waals surface area contributed by atoms with Crippen molar-refractivity contribution in [3.63, 3.8) is 0 Å². The molecule has 0 radical (unpaired) electrons. The predicted octanol–water partition coefficient (Wildman–Crippen LogP) is 1.79. The topological polar surface area (TPSA) is 79.5 Å². The van der Waals surface area contributed by atoms with Gasteiger partial charge < -0.3 is 20.7 Å². The number of carbonyl (C=O) groups is 2. The second-order valence-corrected chi connectivity index (χ2v) is 5.47. The molecule has 0 heterocycles. The van der Waals surface area contributed by atoms with Gasteiger partial charge in [0.1, 0.15) is 0 Å². The van der Waals surface area contributed by atoms with Gasteiger partial charge in [-0.15, -0.1) is 0 Å². The Bertz CT molecular complexity index is 689. The van der Waals surface area contributed by atoms with Gasteiger partial charge in [-0.3, -0.25) is 9.59 Å². The molecule has 25 heavy (non-hydrogen) atoms. The third-order valence-electron chi connectivity index (χ3n) is 3.47. The molecular formula is C19H23N3O3. The molecule has 132 valence electrons. The van der Waals surface area contributed by atoms with Crippen LogP contribution in [-0.2, 0) is 16.1 Å². The van der Waals surface area contributed by atoms with Gasteiger partial charge in [0.15, 0.2) is 0 Å². The van der Waals surface area contributed by atoms with Gasteiger partial charge in [0, 0.05) is 31.5 Å². The predicted molar refractivity (Wildman–Crippen MR) is 97.4 cm³/mol. The lowest BCUT2D eigenvalue weighted by Gasteiger charge is -2.09. The first-order valence-electron chi connectivity index (χ1n) is 8.10. The zero-order valence-corrected chi connectivity index (χ0v) is 14.2. The summed E-state index contributed by atoms with van der Waals surface area (Å²) in [5, 5.41) is 8.60. The van der Waals surface area contributed by atoms with Crippen LogP contribution >= 0.6 is 0 Å². The van der Waals surface area contributed by atoms with Gasteiger partial charge in [0.05, 0.1) is 13.2 Å². The Kier molecular flexibility index (Phi) is 7.62. The number of rotatable bonds is 9. The van der Waals surface area contributed by atoms with Crippen molar-refractivity contribution >= 4 is 17.5 Å². The van der Waals surface area contributed by atoms with Crippen LogP contribution in [0.1, 0.15) is 15.9 Å². The van der Waals surface area contributed by atoms with Crippen molar-refractivity contribution in [3.05, 3.63) is 65.7 Å². The molecule has 0 saturated heterocycles. The smallest absolute Gasteiger partial charge is 0.251 e. The number of nitrogens with one attached hydrogen (secondary N) is 3. The van der Waals surface area contributed by atoms with Crippen molar-refractivity contribution in [2.24, 2.45) is 0 Å². The van der Waals surface area contributed by atoms with Gasteiger partial charge in [-0.1, -0.05) is 36.4 Å². The summed E-state index contributed by atoms with van der Waals surface area (Å²) in [5.41, 5.74) is 2.12. The number of hydrogen-bond acceptors (Lipinski definition) is 4. The first-order chi connectivity index (χ1) is 12.2. The van der Waals surface area contributed by atoms with Gasteiger partial charge in [0.25, 0.3) is 5.91 Å². The Hall–Kier alpha value is -2.70. The molecule has 0 atom stereocenters. The third kappa shape index (κ3) is 6.74. The maximum atomic E-state index is 12.2. The first kappa shape index (κ1) is 18.6. The standard InChI is InChI=1S/C19H23N3O3/c1-25-11-10-20-14-18(23)22-17-9-5-8-16(12-17)19(24)21-13-15-6-3-2-4-7-15/h2-9,12,20H,10-11,13-14H2,1H3,(H,21,24)(H,22,23).